The van der Waals surface area contributed by atoms with Crippen LogP contribution >= 0.6 is 69.0 Å². The van der Waals surface area contributed by atoms with Crippen molar-refractivity contribution in [3.8, 4) is 17.3 Å². The number of pyridine rings is 6. The molecule has 638 valence electrons. The van der Waals surface area contributed by atoms with Crippen molar-refractivity contribution in [1.29, 1.82) is 0 Å². The molecule has 0 unspecified atom stereocenters. The molecule has 2 amide bonds. The van der Waals surface area contributed by atoms with E-state index in [2.05, 4.69) is 116 Å². The Labute approximate surface area is 755 Å². The Balaban J connectivity index is 0.000000227. The quantitative estimate of drug-likeness (QED) is 0.0311. The predicted octanol–water partition coefficient (Wildman–Crippen LogP) is 9.11. The first-order valence-corrected chi connectivity index (χ1v) is 41.8. The Hall–Kier alpha value is -11.3. The fourth-order valence-corrected chi connectivity index (χ4v) is 13.6. The normalized spacial score (nSPS) is 14.4. The molecule has 7 N–H and O–H groups in total. The number of rotatable bonds is 8. The van der Waals surface area contributed by atoms with E-state index in [0.717, 1.165) is 93.0 Å². The second-order valence-electron chi connectivity index (χ2n) is 26.2. The van der Waals surface area contributed by atoms with Crippen molar-refractivity contribution in [3.63, 3.8) is 0 Å². The SMILES string of the molecule is CC(=O)O.CC(=O)O.CI.C[C@@H]1CC[C@@H](Oc2nccc3c2cnn3C)CN1C(=O)c1ccccc1-n1nccn1.C[C@@H]1CC[C@H](OS(C)(=O)=O)CN1C(=O)c1ccccc1-n1nccn1.Clc1nccc2[nH]ncc12.Cn1cc2c(Cl)nccc2n1.Cn1ncc2c(=O)[nH]ccc21.Cn1ncc2c(Cl)nccc21.Cn1ncc2c(Cl)nccc21.N.[H-].[Na+]. The molecule has 2 saturated heterocycles. The molecule has 38 nitrogen and oxygen atoms in total. The standard InChI is InChI=1S/C22H23N7O2.C16H20N4O4S.3C7H6ClN3.C7H7N3O.C6H4ClN3.2C2H4O2.CH3I.H3N.Na.H/c1-15-7-8-16(31-21-18-13-26-27(2)19(18)9-10-23-21)14-28(15)22(30)17-5-3-4-6-20(17)29-24-11-12-25-29;1-12-7-8-13(24-25(2,22)23)11-19(12)16(21)14-5-3-4-6-15(14)20-17-9-10-18-20;1-11-4-5-6(10-11)2-3-9-7(5)8;2*1-11-6-2-3-9-7(8)5(6)4-10-11;1-10-6-2-3-8-7(11)5(6)4-9-10;7-6-4-3-9-10-5(4)1-2-8-6;2*1-2(3)4;1-2;;;/h3-6,9-13,15-16H,7-8,14H2,1-2H3;3-6,9-10,12-13H,7-8,11H2,1-2H3;3*2-4H,1H3;2-4H,1H3,(H,8,11);1-3H,(H,9,10);2*1H3,(H,3,4);1H3;1H3;;/q;;;;;;;;;;;+1;-1/t15-,16-;12-,13+;;;;;;;;;;;/m11.........../s1. The molecule has 2 aliphatic rings. The third-order valence-corrected chi connectivity index (χ3v) is 19.6. The van der Waals surface area contributed by atoms with Gasteiger partial charge in [0.2, 0.25) is 5.88 Å². The van der Waals surface area contributed by atoms with Crippen LogP contribution in [0.1, 0.15) is 75.5 Å². The van der Waals surface area contributed by atoms with Crippen LogP contribution in [0.25, 0.3) is 76.8 Å². The van der Waals surface area contributed by atoms with Gasteiger partial charge >= 0.3 is 29.6 Å². The van der Waals surface area contributed by atoms with Crippen LogP contribution in [0.4, 0.5) is 0 Å². The summed E-state index contributed by atoms with van der Waals surface area (Å²) in [6.07, 6.45) is 29.9. The third kappa shape index (κ3) is 26.6. The van der Waals surface area contributed by atoms with Crippen LogP contribution in [-0.4, -0.2) is 220 Å². The molecule has 122 heavy (non-hydrogen) atoms. The van der Waals surface area contributed by atoms with Crippen molar-refractivity contribution >= 4 is 168 Å². The number of carbonyl (C=O) groups is 4. The molecule has 0 radical (unpaired) electrons. The number of carboxylic acids is 2. The zero-order valence-electron chi connectivity index (χ0n) is 69.2. The predicted molar refractivity (Wildman–Crippen MR) is 468 cm³/mol. The minimum atomic E-state index is -3.56. The molecule has 16 aromatic rings. The van der Waals surface area contributed by atoms with Crippen molar-refractivity contribution < 1.29 is 77.7 Å². The number of para-hydroxylation sites is 2. The number of aliphatic carboxylic acids is 2. The molecule has 0 spiro atoms. The minimum absolute atomic E-state index is 0. The van der Waals surface area contributed by atoms with E-state index in [0.29, 0.717) is 73.8 Å². The fourth-order valence-electron chi connectivity index (χ4n) is 12.1. The van der Waals surface area contributed by atoms with Gasteiger partial charge in [0.05, 0.1) is 163 Å². The Bertz CT molecular complexity index is 6180. The number of nitrogens with zero attached hydrogens (tertiary/aromatic N) is 24. The molecule has 14 aromatic heterocycles. The summed E-state index contributed by atoms with van der Waals surface area (Å²) in [4.78, 5) is 86.7. The summed E-state index contributed by atoms with van der Waals surface area (Å²) in [5.41, 5.74) is 7.81. The maximum atomic E-state index is 13.5. The summed E-state index contributed by atoms with van der Waals surface area (Å²) >= 11 is 25.3. The first kappa shape index (κ1) is 97.8. The maximum absolute atomic E-state index is 13.5. The number of hydrogen-bond donors (Lipinski definition) is 5. The molecule has 45 heteroatoms. The Morgan fingerprint density at radius 1 is 0.508 bits per heavy atom. The van der Waals surface area contributed by atoms with Gasteiger partial charge < -0.3 is 37.3 Å². The molecular weight excluding hydrogens is 1800 g/mol. The largest absolute Gasteiger partial charge is 1.00 e. The maximum Gasteiger partial charge on any atom is 1.00 e. The smallest absolute Gasteiger partial charge is 1.00 e. The Morgan fingerprint density at radius 2 is 0.902 bits per heavy atom. The van der Waals surface area contributed by atoms with E-state index in [4.69, 9.17) is 75.1 Å². The van der Waals surface area contributed by atoms with Crippen LogP contribution in [0.2, 0.25) is 20.6 Å². The van der Waals surface area contributed by atoms with Crippen molar-refractivity contribution in [1.82, 2.24) is 135 Å². The van der Waals surface area contributed by atoms with Crippen LogP contribution in [0.15, 0.2) is 189 Å². The van der Waals surface area contributed by atoms with Crippen LogP contribution in [0.5, 0.6) is 5.88 Å². The van der Waals surface area contributed by atoms with Gasteiger partial charge in [0.15, 0.2) is 0 Å². The number of carboxylic acid groups (broad SMARTS) is 2. The van der Waals surface area contributed by atoms with Gasteiger partial charge in [-0.1, -0.05) is 93.3 Å². The van der Waals surface area contributed by atoms with Crippen LogP contribution in [0.3, 0.4) is 0 Å². The van der Waals surface area contributed by atoms with Crippen LogP contribution < -0.4 is 46.0 Å². The van der Waals surface area contributed by atoms with E-state index in [1.54, 1.807) is 139 Å². The van der Waals surface area contributed by atoms with Gasteiger partial charge in [-0.2, -0.15) is 69.0 Å². The van der Waals surface area contributed by atoms with E-state index in [-0.39, 0.29) is 79.2 Å². The number of fused-ring (bicyclic) bond motifs is 6. The van der Waals surface area contributed by atoms with Gasteiger partial charge in [-0.15, -0.1) is 0 Å². The summed E-state index contributed by atoms with van der Waals surface area (Å²) < 4.78 is 42.9. The zero-order valence-corrected chi connectivity index (χ0v) is 76.2. The van der Waals surface area contributed by atoms with Gasteiger partial charge in [0, 0.05) is 111 Å². The van der Waals surface area contributed by atoms with Crippen LogP contribution in [-0.2, 0) is 59.1 Å². The van der Waals surface area contributed by atoms with Gasteiger partial charge in [-0.05, 0) is 105 Å². The van der Waals surface area contributed by atoms with E-state index in [1.165, 1.54) is 9.59 Å². The van der Waals surface area contributed by atoms with Gasteiger partial charge in [0.25, 0.3) is 39.4 Å². The first-order valence-electron chi connectivity index (χ1n) is 36.3. The number of aromatic amines is 2. The topological polar surface area (TPSA) is 479 Å². The number of ether oxygens (including phenoxy) is 1. The number of aryl methyl sites for hydroxylation is 5. The second-order valence-corrected chi connectivity index (χ2v) is 29.2. The van der Waals surface area contributed by atoms with E-state index < -0.39 is 28.2 Å². The molecule has 0 aliphatic carbocycles. The number of nitrogens with one attached hydrogen (secondary N) is 2. The number of H-pyrrole nitrogens is 2. The third-order valence-electron chi connectivity index (χ3n) is 17.7. The molecule has 0 bridgehead atoms. The van der Waals surface area contributed by atoms with E-state index >= 15 is 0 Å². The molecule has 4 atom stereocenters. The van der Waals surface area contributed by atoms with Crippen molar-refractivity contribution in [3.05, 3.63) is 226 Å². The molecule has 18 rings (SSSR count). The Morgan fingerprint density at radius 3 is 1.35 bits per heavy atom. The van der Waals surface area contributed by atoms with E-state index in [9.17, 15) is 22.8 Å². The van der Waals surface area contributed by atoms with Gasteiger partial charge in [0.1, 0.15) is 26.7 Å². The number of carbonyl (C=O) groups excluding carboxylic acids is 2. The molecular formula is C77H87Cl4IN27NaO11S. The fraction of sp³-hybridized carbons (Fsp3) is 0.273. The summed E-state index contributed by atoms with van der Waals surface area (Å²) in [7, 11) is 5.74. The number of amides is 2. The Kier molecular flexibility index (Phi) is 37.4. The van der Waals surface area contributed by atoms with E-state index in [1.807, 2.05) is 125 Å². The number of alkyl halides is 1. The number of hydrogen-bond acceptors (Lipinski definition) is 25. The minimum Gasteiger partial charge on any atom is -1.00 e. The molecule has 2 fully saturated rings. The van der Waals surface area contributed by atoms with Crippen molar-refractivity contribution in [2.24, 2.45) is 35.2 Å². The molecule has 2 aromatic carbocycles. The zero-order chi connectivity index (χ0) is 86.9. The van der Waals surface area contributed by atoms with Crippen molar-refractivity contribution in [2.75, 3.05) is 24.3 Å². The summed E-state index contributed by atoms with van der Waals surface area (Å²) in [6, 6.07) is 25.7. The monoisotopic (exact) mass is 1890 g/mol. The average Bonchev–Trinajstić information content (AvgIpc) is 1.70. The number of aromatic nitrogens is 24. The summed E-state index contributed by atoms with van der Waals surface area (Å²) in [6.45, 7) is 6.90. The average molecular weight is 1890 g/mol. The summed E-state index contributed by atoms with van der Waals surface area (Å²) in [5.74, 6) is -1.36. The van der Waals surface area contributed by atoms with Gasteiger partial charge in [-0.3, -0.25) is 56.7 Å². The number of benzene rings is 2. The van der Waals surface area contributed by atoms with Gasteiger partial charge in [-0.25, -0.2) is 24.9 Å². The first-order chi connectivity index (χ1) is 57.4. The molecule has 2 aliphatic heterocycles. The number of halogens is 5. The van der Waals surface area contributed by atoms with Crippen molar-refractivity contribution in [2.45, 2.75) is 77.7 Å². The summed E-state index contributed by atoms with van der Waals surface area (Å²) in [5, 5.41) is 65.6. The number of likely N-dealkylation sites (tertiary alicyclic amines) is 2. The molecule has 16 heterocycles. The number of piperidine rings is 2. The van der Waals surface area contributed by atoms with Crippen LogP contribution in [0, 0.1) is 0 Å². The molecule has 0 saturated carbocycles. The second kappa shape index (κ2) is 46.6.